The number of carboxylic acids is 5. The standard InChI is InChI=1S/C20H32N6O12S2.C3H7NO2S/c21-9(19(35)36)1-3-13(27)25-11(17(33)23-5-15(29)30)7-39-40-8-12(18(34)24-6-16(31)32)26-14(28)4-2-10(22)20(37)38;4-2(1-7)3(5)6/h9-12H,1-8,21-22H2,(H,23,33)(H,24,34)(H,25,27)(H,26,28)(H,29,30)(H,31,32)(H,35,36)(H,37,38);2,7H,1,4H2,(H,5,6). The molecule has 5 atom stereocenters. The lowest BCUT2D eigenvalue weighted by molar-refractivity contribution is -0.140. The minimum Gasteiger partial charge on any atom is -0.480 e. The van der Waals surface area contributed by atoms with Crippen LogP contribution in [0.25, 0.3) is 0 Å². The zero-order valence-corrected chi connectivity index (χ0v) is 27.2. The molecule has 0 bridgehead atoms. The molecule has 0 radical (unpaired) electrons. The van der Waals surface area contributed by atoms with Crippen molar-refractivity contribution >= 4 is 87.7 Å². The number of carbonyl (C=O) groups is 9. The molecule has 0 aromatic carbocycles. The largest absolute Gasteiger partial charge is 0.480 e. The van der Waals surface area contributed by atoms with Crippen molar-refractivity contribution in [2.75, 3.05) is 30.3 Å². The number of aliphatic carboxylic acids is 5. The Kier molecular flexibility index (Phi) is 24.4. The minimum absolute atomic E-state index is 0.155. The summed E-state index contributed by atoms with van der Waals surface area (Å²) in [5.41, 5.74) is 15.6. The quantitative estimate of drug-likeness (QED) is 0.0267. The predicted molar refractivity (Wildman–Crippen MR) is 169 cm³/mol. The van der Waals surface area contributed by atoms with Gasteiger partial charge in [0.15, 0.2) is 0 Å². The summed E-state index contributed by atoms with van der Waals surface area (Å²) in [5.74, 6) is -9.63. The number of thiol groups is 1. The Morgan fingerprint density at radius 1 is 0.574 bits per heavy atom. The fourth-order valence-corrected chi connectivity index (χ4v) is 5.09. The molecule has 0 aliphatic carbocycles. The Hall–Kier alpha value is -3.84. The number of carboxylic acid groups (broad SMARTS) is 5. The van der Waals surface area contributed by atoms with Gasteiger partial charge in [-0.25, -0.2) is 0 Å². The van der Waals surface area contributed by atoms with Gasteiger partial charge in [-0.15, -0.1) is 0 Å². The van der Waals surface area contributed by atoms with Crippen LogP contribution in [0.3, 0.4) is 0 Å². The van der Waals surface area contributed by atoms with Crippen molar-refractivity contribution in [2.45, 2.75) is 55.9 Å². The Balaban J connectivity index is 0. The normalized spacial score (nSPS) is 13.5. The first kappa shape index (κ1) is 45.3. The molecule has 0 saturated carbocycles. The van der Waals surface area contributed by atoms with Gasteiger partial charge in [0, 0.05) is 30.1 Å². The van der Waals surface area contributed by atoms with E-state index in [0.29, 0.717) is 0 Å². The van der Waals surface area contributed by atoms with E-state index in [1.807, 2.05) is 0 Å². The van der Waals surface area contributed by atoms with E-state index < -0.39 is 96.8 Å². The number of hydrogen-bond donors (Lipinski definition) is 13. The van der Waals surface area contributed by atoms with Crippen molar-refractivity contribution in [1.82, 2.24) is 21.3 Å². The van der Waals surface area contributed by atoms with Crippen molar-refractivity contribution in [2.24, 2.45) is 17.2 Å². The summed E-state index contributed by atoms with van der Waals surface area (Å²) in [6.07, 6.45) is -1.12. The van der Waals surface area contributed by atoms with E-state index in [4.69, 9.17) is 42.7 Å². The summed E-state index contributed by atoms with van der Waals surface area (Å²) in [7, 11) is 1.89. The molecule has 0 aromatic heterocycles. The Bertz CT molecular complexity index is 1040. The highest BCUT2D eigenvalue weighted by Gasteiger charge is 2.25. The lowest BCUT2D eigenvalue weighted by atomic mass is 10.1. The molecule has 0 aliphatic rings. The van der Waals surface area contributed by atoms with Gasteiger partial charge in [0.2, 0.25) is 23.6 Å². The molecule has 24 heteroatoms. The number of carbonyl (C=O) groups excluding carboxylic acids is 4. The van der Waals surface area contributed by atoms with Crippen LogP contribution in [0, 0.1) is 0 Å². The van der Waals surface area contributed by atoms with Gasteiger partial charge in [-0.2, -0.15) is 12.6 Å². The molecule has 47 heavy (non-hydrogen) atoms. The van der Waals surface area contributed by atoms with Crippen LogP contribution in [-0.2, 0) is 43.2 Å². The Morgan fingerprint density at radius 3 is 1.13 bits per heavy atom. The fraction of sp³-hybridized carbons (Fsp3) is 0.609. The number of rotatable bonds is 23. The summed E-state index contributed by atoms with van der Waals surface area (Å²) in [5, 5.41) is 52.1. The van der Waals surface area contributed by atoms with Gasteiger partial charge in [0.1, 0.15) is 43.3 Å². The zero-order valence-electron chi connectivity index (χ0n) is 24.7. The maximum absolute atomic E-state index is 12.4. The molecule has 0 rings (SSSR count). The van der Waals surface area contributed by atoms with Crippen LogP contribution >= 0.6 is 34.2 Å². The monoisotopic (exact) mass is 733 g/mol. The molecule has 4 amide bonds. The summed E-state index contributed by atoms with van der Waals surface area (Å²) in [6, 6.07) is -5.97. The first-order valence-electron chi connectivity index (χ1n) is 13.2. The topological polar surface area (TPSA) is 381 Å². The number of amides is 4. The van der Waals surface area contributed by atoms with Crippen LogP contribution in [0.5, 0.6) is 0 Å². The van der Waals surface area contributed by atoms with Crippen molar-refractivity contribution < 1.29 is 68.7 Å². The van der Waals surface area contributed by atoms with Crippen molar-refractivity contribution in [3.63, 3.8) is 0 Å². The summed E-state index contributed by atoms with van der Waals surface area (Å²) < 4.78 is 0. The van der Waals surface area contributed by atoms with E-state index in [9.17, 15) is 43.2 Å². The molecule has 15 N–H and O–H groups in total. The second-order valence-corrected chi connectivity index (χ2v) is 12.0. The molecule has 0 aliphatic heterocycles. The van der Waals surface area contributed by atoms with Gasteiger partial charge < -0.3 is 64.0 Å². The highest BCUT2D eigenvalue weighted by molar-refractivity contribution is 8.76. The van der Waals surface area contributed by atoms with Gasteiger partial charge in [0.25, 0.3) is 0 Å². The molecule has 21 nitrogen and oxygen atoms in total. The molecular weight excluding hydrogens is 694 g/mol. The van der Waals surface area contributed by atoms with E-state index in [0.717, 1.165) is 21.6 Å². The third-order valence-corrected chi connectivity index (χ3v) is 8.01. The fourth-order valence-electron chi connectivity index (χ4n) is 2.60. The molecular formula is C23H39N7O14S3. The number of nitrogens with two attached hydrogens (primary N) is 3. The van der Waals surface area contributed by atoms with Crippen LogP contribution in [0.4, 0.5) is 0 Å². The summed E-state index contributed by atoms with van der Waals surface area (Å²) >= 11 is 3.65. The zero-order chi connectivity index (χ0) is 36.7. The molecule has 0 heterocycles. The molecule has 5 unspecified atom stereocenters. The van der Waals surface area contributed by atoms with E-state index >= 15 is 0 Å². The van der Waals surface area contributed by atoms with Gasteiger partial charge in [-0.3, -0.25) is 43.2 Å². The van der Waals surface area contributed by atoms with Crippen molar-refractivity contribution in [3.8, 4) is 0 Å². The SMILES string of the molecule is NC(CCC(=O)NC(CSSCC(NC(=O)CCC(N)C(=O)O)C(=O)NCC(=O)O)C(=O)NCC(=O)O)C(=O)O.NC(CS)C(=O)O. The lowest BCUT2D eigenvalue weighted by Crippen LogP contribution is -2.50. The molecule has 268 valence electrons. The third-order valence-electron chi connectivity index (χ3n) is 5.20. The maximum atomic E-state index is 12.4. The van der Waals surface area contributed by atoms with Gasteiger partial charge in [-0.05, 0) is 12.8 Å². The average Bonchev–Trinajstić information content (AvgIpc) is 3.00. The Labute approximate surface area is 280 Å². The molecule has 0 aromatic rings. The average molecular weight is 734 g/mol. The first-order chi connectivity index (χ1) is 21.8. The lowest BCUT2D eigenvalue weighted by Gasteiger charge is -2.20. The van der Waals surface area contributed by atoms with E-state index in [2.05, 4.69) is 33.9 Å². The van der Waals surface area contributed by atoms with Crippen LogP contribution in [0.15, 0.2) is 0 Å². The minimum atomic E-state index is -1.34. The first-order valence-corrected chi connectivity index (χ1v) is 16.3. The van der Waals surface area contributed by atoms with Crippen molar-refractivity contribution in [1.29, 1.82) is 0 Å². The number of nitrogens with one attached hydrogen (secondary N) is 4. The summed E-state index contributed by atoms with van der Waals surface area (Å²) in [4.78, 5) is 102. The van der Waals surface area contributed by atoms with Gasteiger partial charge in [0.05, 0.1) is 0 Å². The van der Waals surface area contributed by atoms with E-state index in [1.54, 1.807) is 0 Å². The summed E-state index contributed by atoms with van der Waals surface area (Å²) in [6.45, 7) is -1.48. The number of hydrogen-bond acceptors (Lipinski definition) is 15. The maximum Gasteiger partial charge on any atom is 0.322 e. The van der Waals surface area contributed by atoms with Crippen LogP contribution < -0.4 is 38.5 Å². The van der Waals surface area contributed by atoms with Crippen LogP contribution in [0.2, 0.25) is 0 Å². The smallest absolute Gasteiger partial charge is 0.322 e. The predicted octanol–water partition coefficient (Wildman–Crippen LogP) is -4.55. The molecule has 0 spiro atoms. The molecule has 0 fully saturated rings. The Morgan fingerprint density at radius 2 is 0.894 bits per heavy atom. The van der Waals surface area contributed by atoms with Crippen LogP contribution in [0.1, 0.15) is 25.7 Å². The van der Waals surface area contributed by atoms with Gasteiger partial charge in [-0.1, -0.05) is 21.6 Å². The van der Waals surface area contributed by atoms with E-state index in [1.165, 1.54) is 0 Å². The second kappa shape index (κ2) is 25.3. The van der Waals surface area contributed by atoms with Gasteiger partial charge >= 0.3 is 29.8 Å². The second-order valence-electron chi connectivity index (χ2n) is 9.13. The third kappa shape index (κ3) is 24.1. The van der Waals surface area contributed by atoms with Crippen molar-refractivity contribution in [3.05, 3.63) is 0 Å². The van der Waals surface area contributed by atoms with E-state index in [-0.39, 0.29) is 42.9 Å². The van der Waals surface area contributed by atoms with Crippen LogP contribution in [-0.4, -0.2) is 140 Å². The highest BCUT2D eigenvalue weighted by Crippen LogP contribution is 2.23. The molecule has 0 saturated heterocycles. The highest BCUT2D eigenvalue weighted by atomic mass is 33.1.